The van der Waals surface area contributed by atoms with Crippen LogP contribution in [0, 0.1) is 25.5 Å². The maximum Gasteiger partial charge on any atom is 0.330 e. The third kappa shape index (κ3) is 5.65. The van der Waals surface area contributed by atoms with Crippen LogP contribution in [-0.4, -0.2) is 24.5 Å². The van der Waals surface area contributed by atoms with Crippen molar-refractivity contribution in [2.24, 2.45) is 0 Å². The SMILES string of the molecule is CCc1c(Cc2cc(C)cc(C)c2)n(COCc2cn(Cc3c(F)cccc3F)nn2)c(=O)[nH]c1=O. The van der Waals surface area contributed by atoms with E-state index in [-0.39, 0.29) is 25.4 Å². The number of benzene rings is 2. The van der Waals surface area contributed by atoms with Gasteiger partial charge in [0.2, 0.25) is 0 Å². The Morgan fingerprint density at radius 2 is 1.72 bits per heavy atom. The highest BCUT2D eigenvalue weighted by atomic mass is 19.1. The summed E-state index contributed by atoms with van der Waals surface area (Å²) < 4.78 is 36.3. The number of H-pyrrole nitrogens is 1. The molecule has 0 spiro atoms. The fraction of sp³-hybridized carbons (Fsp3) is 0.308. The number of ether oxygens (including phenoxy) is 1. The minimum absolute atomic E-state index is 0.00969. The van der Waals surface area contributed by atoms with Crippen LogP contribution < -0.4 is 11.2 Å². The van der Waals surface area contributed by atoms with E-state index in [2.05, 4.69) is 21.4 Å². The van der Waals surface area contributed by atoms with Crippen LogP contribution >= 0.6 is 0 Å². The number of aryl methyl sites for hydroxylation is 2. The van der Waals surface area contributed by atoms with E-state index in [9.17, 15) is 18.4 Å². The van der Waals surface area contributed by atoms with Gasteiger partial charge in [0.15, 0.2) is 0 Å². The predicted octanol–water partition coefficient (Wildman–Crippen LogP) is 3.40. The molecule has 0 unspecified atom stereocenters. The second-order valence-electron chi connectivity index (χ2n) is 8.72. The van der Waals surface area contributed by atoms with Crippen molar-refractivity contribution in [3.05, 3.63) is 114 Å². The smallest absolute Gasteiger partial charge is 0.330 e. The second kappa shape index (κ2) is 10.8. The lowest BCUT2D eigenvalue weighted by molar-refractivity contribution is 0.0568. The van der Waals surface area contributed by atoms with Crippen molar-refractivity contribution in [1.82, 2.24) is 24.5 Å². The summed E-state index contributed by atoms with van der Waals surface area (Å²) in [5.74, 6) is -1.33. The second-order valence-corrected chi connectivity index (χ2v) is 8.72. The molecule has 0 radical (unpaired) electrons. The molecular weight excluding hydrogens is 468 g/mol. The molecule has 8 nitrogen and oxygen atoms in total. The van der Waals surface area contributed by atoms with Gasteiger partial charge in [0.25, 0.3) is 5.56 Å². The number of aromatic nitrogens is 5. The Labute approximate surface area is 206 Å². The van der Waals surface area contributed by atoms with Crippen LogP contribution in [-0.2, 0) is 37.5 Å². The lowest BCUT2D eigenvalue weighted by Crippen LogP contribution is -2.36. The van der Waals surface area contributed by atoms with Gasteiger partial charge in [-0.25, -0.2) is 18.3 Å². The number of rotatable bonds is 9. The van der Waals surface area contributed by atoms with E-state index in [1.165, 1.54) is 33.6 Å². The molecule has 0 saturated carbocycles. The third-order valence-corrected chi connectivity index (χ3v) is 5.86. The largest absolute Gasteiger partial charge is 0.354 e. The summed E-state index contributed by atoms with van der Waals surface area (Å²) in [6, 6.07) is 9.78. The molecule has 188 valence electrons. The first-order valence-corrected chi connectivity index (χ1v) is 11.6. The topological polar surface area (TPSA) is 94.8 Å². The first-order chi connectivity index (χ1) is 17.2. The van der Waals surface area contributed by atoms with Gasteiger partial charge in [-0.05, 0) is 38.0 Å². The van der Waals surface area contributed by atoms with Crippen LogP contribution in [0.5, 0.6) is 0 Å². The van der Waals surface area contributed by atoms with Crippen LogP contribution in [0.1, 0.15) is 46.1 Å². The Hall–Kier alpha value is -3.92. The Balaban J connectivity index is 1.52. The lowest BCUT2D eigenvalue weighted by atomic mass is 10.0. The van der Waals surface area contributed by atoms with Crippen LogP contribution in [0.4, 0.5) is 8.78 Å². The van der Waals surface area contributed by atoms with Crippen molar-refractivity contribution in [1.29, 1.82) is 0 Å². The number of nitrogens with zero attached hydrogens (tertiary/aromatic N) is 4. The molecule has 0 aliphatic heterocycles. The molecule has 36 heavy (non-hydrogen) atoms. The van der Waals surface area contributed by atoms with E-state index in [4.69, 9.17) is 4.74 Å². The summed E-state index contributed by atoms with van der Waals surface area (Å²) in [5.41, 5.74) is 3.65. The van der Waals surface area contributed by atoms with Gasteiger partial charge in [-0.2, -0.15) is 0 Å². The summed E-state index contributed by atoms with van der Waals surface area (Å²) in [5, 5.41) is 7.88. The quantitative estimate of drug-likeness (QED) is 0.384. The minimum Gasteiger partial charge on any atom is -0.354 e. The average molecular weight is 496 g/mol. The van der Waals surface area contributed by atoms with Crippen molar-refractivity contribution in [2.75, 3.05) is 0 Å². The number of hydrogen-bond donors (Lipinski definition) is 1. The highest BCUT2D eigenvalue weighted by Gasteiger charge is 2.16. The maximum absolute atomic E-state index is 13.9. The van der Waals surface area contributed by atoms with Crippen molar-refractivity contribution < 1.29 is 13.5 Å². The van der Waals surface area contributed by atoms with Crippen LogP contribution in [0.25, 0.3) is 0 Å². The molecule has 4 rings (SSSR count). The molecule has 0 aliphatic carbocycles. The van der Waals surface area contributed by atoms with Crippen molar-refractivity contribution in [3.8, 4) is 0 Å². The summed E-state index contributed by atoms with van der Waals surface area (Å²) in [6.45, 7) is 5.64. The summed E-state index contributed by atoms with van der Waals surface area (Å²) >= 11 is 0. The highest BCUT2D eigenvalue weighted by molar-refractivity contribution is 5.33. The zero-order valence-electron chi connectivity index (χ0n) is 20.3. The van der Waals surface area contributed by atoms with Gasteiger partial charge in [-0.1, -0.05) is 47.5 Å². The molecule has 10 heteroatoms. The molecule has 4 aromatic rings. The van der Waals surface area contributed by atoms with Crippen LogP contribution in [0.3, 0.4) is 0 Å². The van der Waals surface area contributed by atoms with Gasteiger partial charge in [0.05, 0.1) is 19.3 Å². The zero-order valence-corrected chi connectivity index (χ0v) is 20.3. The maximum atomic E-state index is 13.9. The lowest BCUT2D eigenvalue weighted by Gasteiger charge is -2.16. The normalized spacial score (nSPS) is 11.2. The molecular formula is C26H27F2N5O3. The Morgan fingerprint density at radius 1 is 1.03 bits per heavy atom. The van der Waals surface area contributed by atoms with E-state index >= 15 is 0 Å². The van der Waals surface area contributed by atoms with Gasteiger partial charge in [0, 0.05) is 23.2 Å². The molecule has 1 N–H and O–H groups in total. The number of halogens is 2. The Morgan fingerprint density at radius 3 is 2.39 bits per heavy atom. The van der Waals surface area contributed by atoms with Gasteiger partial charge in [-0.15, -0.1) is 5.10 Å². The highest BCUT2D eigenvalue weighted by Crippen LogP contribution is 2.16. The van der Waals surface area contributed by atoms with Crippen LogP contribution in [0.15, 0.2) is 52.2 Å². The molecule has 0 fully saturated rings. The molecule has 0 bridgehead atoms. The molecule has 2 aromatic heterocycles. The van der Waals surface area contributed by atoms with Gasteiger partial charge in [0.1, 0.15) is 24.1 Å². The van der Waals surface area contributed by atoms with Crippen molar-refractivity contribution in [3.63, 3.8) is 0 Å². The fourth-order valence-electron chi connectivity index (χ4n) is 4.29. The van der Waals surface area contributed by atoms with Crippen molar-refractivity contribution >= 4 is 0 Å². The van der Waals surface area contributed by atoms with E-state index in [1.54, 1.807) is 0 Å². The molecule has 2 aromatic carbocycles. The van der Waals surface area contributed by atoms with E-state index in [1.807, 2.05) is 32.9 Å². The standard InChI is InChI=1S/C26H27F2N5O3/c1-4-20-24(11-18-9-16(2)8-17(3)10-18)33(26(35)29-25(20)34)15-36-14-19-12-32(31-30-19)13-21-22(27)6-5-7-23(21)28/h5-10,12H,4,11,13-15H2,1-3H3,(H,29,34,35). The fourth-order valence-corrected chi connectivity index (χ4v) is 4.29. The minimum atomic E-state index is -0.663. The van der Waals surface area contributed by atoms with Gasteiger partial charge in [-0.3, -0.25) is 14.3 Å². The van der Waals surface area contributed by atoms with E-state index < -0.39 is 22.9 Å². The van der Waals surface area contributed by atoms with Gasteiger partial charge >= 0.3 is 5.69 Å². The number of hydrogen-bond acceptors (Lipinski definition) is 5. The first kappa shape index (κ1) is 25.2. The first-order valence-electron chi connectivity index (χ1n) is 11.6. The molecule has 0 aliphatic rings. The summed E-state index contributed by atoms with van der Waals surface area (Å²) in [7, 11) is 0. The zero-order chi connectivity index (χ0) is 25.8. The summed E-state index contributed by atoms with van der Waals surface area (Å²) in [6.07, 6.45) is 2.38. The molecule has 2 heterocycles. The third-order valence-electron chi connectivity index (χ3n) is 5.86. The van der Waals surface area contributed by atoms with Crippen LogP contribution in [0.2, 0.25) is 0 Å². The Kier molecular flexibility index (Phi) is 7.54. The molecule has 0 amide bonds. The summed E-state index contributed by atoms with van der Waals surface area (Å²) in [4.78, 5) is 27.5. The van der Waals surface area contributed by atoms with Gasteiger partial charge < -0.3 is 4.74 Å². The Bertz CT molecular complexity index is 1470. The number of nitrogens with one attached hydrogen (secondary N) is 1. The monoisotopic (exact) mass is 495 g/mol. The van der Waals surface area contributed by atoms with Crippen molar-refractivity contribution in [2.45, 2.75) is 53.5 Å². The average Bonchev–Trinajstić information content (AvgIpc) is 3.25. The predicted molar refractivity (Wildman–Crippen MR) is 130 cm³/mol. The molecule has 0 saturated heterocycles. The number of aromatic amines is 1. The van der Waals surface area contributed by atoms with E-state index in [0.29, 0.717) is 29.8 Å². The molecule has 0 atom stereocenters. The van der Waals surface area contributed by atoms with E-state index in [0.717, 1.165) is 16.7 Å².